The van der Waals surface area contributed by atoms with Gasteiger partial charge >= 0.3 is 5.97 Å². The van der Waals surface area contributed by atoms with Gasteiger partial charge in [-0.25, -0.2) is 9.18 Å². The van der Waals surface area contributed by atoms with Gasteiger partial charge in [0, 0.05) is 11.6 Å². The van der Waals surface area contributed by atoms with E-state index < -0.39 is 23.3 Å². The predicted molar refractivity (Wildman–Crippen MR) is 73.7 cm³/mol. The monoisotopic (exact) mass is 283 g/mol. The molecule has 2 atom stereocenters. The molecule has 0 aromatic carbocycles. The van der Waals surface area contributed by atoms with Crippen LogP contribution in [-0.4, -0.2) is 28.3 Å². The average molecular weight is 283 g/mol. The van der Waals surface area contributed by atoms with Gasteiger partial charge in [-0.05, 0) is 31.9 Å². The molecule has 1 N–H and O–H groups in total. The lowest BCUT2D eigenvalue weighted by Gasteiger charge is -2.33. The predicted octanol–water partition coefficient (Wildman–Crippen LogP) is 2.81. The second kappa shape index (κ2) is 7.33. The van der Waals surface area contributed by atoms with Gasteiger partial charge in [0.15, 0.2) is 5.60 Å². The Morgan fingerprint density at radius 2 is 2.15 bits per heavy atom. The maximum atomic E-state index is 13.0. The van der Waals surface area contributed by atoms with E-state index in [-0.39, 0.29) is 13.0 Å². The third kappa shape index (κ3) is 3.54. The molecule has 1 aromatic heterocycles. The molecule has 20 heavy (non-hydrogen) atoms. The standard InChI is InChI=1S/C15H22FNO3/c1-4-9-15(19,14(18)20-6-3)12(5-2)13-8-7-11(16)10-17-13/h7-8,10,12,19H,4-6,9H2,1-3H3. The largest absolute Gasteiger partial charge is 0.464 e. The minimum Gasteiger partial charge on any atom is -0.464 e. The number of hydrogen-bond donors (Lipinski definition) is 1. The molecule has 0 amide bonds. The van der Waals surface area contributed by atoms with Crippen molar-refractivity contribution < 1.29 is 19.0 Å². The molecular weight excluding hydrogens is 261 g/mol. The zero-order valence-corrected chi connectivity index (χ0v) is 12.2. The molecule has 112 valence electrons. The van der Waals surface area contributed by atoms with Crippen LogP contribution in [0.3, 0.4) is 0 Å². The fraction of sp³-hybridized carbons (Fsp3) is 0.600. The number of esters is 1. The smallest absolute Gasteiger partial charge is 0.338 e. The van der Waals surface area contributed by atoms with Gasteiger partial charge in [0.2, 0.25) is 0 Å². The van der Waals surface area contributed by atoms with Gasteiger partial charge in [-0.1, -0.05) is 20.3 Å². The van der Waals surface area contributed by atoms with Crippen LogP contribution >= 0.6 is 0 Å². The second-order valence-corrected chi connectivity index (χ2v) is 4.76. The van der Waals surface area contributed by atoms with E-state index in [1.165, 1.54) is 12.1 Å². The molecule has 0 radical (unpaired) electrons. The molecule has 1 aromatic rings. The summed E-state index contributed by atoms with van der Waals surface area (Å²) in [6.45, 7) is 5.64. The van der Waals surface area contributed by atoms with E-state index in [1.54, 1.807) is 6.92 Å². The van der Waals surface area contributed by atoms with Crippen molar-refractivity contribution in [2.24, 2.45) is 0 Å². The van der Waals surface area contributed by atoms with Gasteiger partial charge in [-0.3, -0.25) is 4.98 Å². The van der Waals surface area contributed by atoms with Crippen molar-refractivity contribution in [2.45, 2.75) is 51.6 Å². The van der Waals surface area contributed by atoms with Crippen molar-refractivity contribution in [1.82, 2.24) is 4.98 Å². The first-order valence-electron chi connectivity index (χ1n) is 7.00. The van der Waals surface area contributed by atoms with Crippen LogP contribution in [-0.2, 0) is 9.53 Å². The highest BCUT2D eigenvalue weighted by molar-refractivity contribution is 5.80. The van der Waals surface area contributed by atoms with Gasteiger partial charge in [-0.2, -0.15) is 0 Å². The Bertz CT molecular complexity index is 435. The zero-order valence-electron chi connectivity index (χ0n) is 12.2. The molecule has 0 saturated carbocycles. The Labute approximate surface area is 119 Å². The summed E-state index contributed by atoms with van der Waals surface area (Å²) in [5.74, 6) is -1.60. The molecule has 0 saturated heterocycles. The van der Waals surface area contributed by atoms with Crippen LogP contribution in [0.4, 0.5) is 4.39 Å². The lowest BCUT2D eigenvalue weighted by molar-refractivity contribution is -0.169. The lowest BCUT2D eigenvalue weighted by Crippen LogP contribution is -2.46. The third-order valence-corrected chi connectivity index (χ3v) is 3.35. The summed E-state index contributed by atoms with van der Waals surface area (Å²) < 4.78 is 18.0. The summed E-state index contributed by atoms with van der Waals surface area (Å²) >= 11 is 0. The first-order valence-corrected chi connectivity index (χ1v) is 7.00. The van der Waals surface area contributed by atoms with Gasteiger partial charge in [0.25, 0.3) is 0 Å². The number of aliphatic hydroxyl groups is 1. The lowest BCUT2D eigenvalue weighted by atomic mass is 9.79. The molecule has 4 nitrogen and oxygen atoms in total. The zero-order chi connectivity index (χ0) is 15.2. The Morgan fingerprint density at radius 1 is 1.45 bits per heavy atom. The van der Waals surface area contributed by atoms with Crippen molar-refractivity contribution in [3.05, 3.63) is 29.8 Å². The van der Waals surface area contributed by atoms with E-state index in [0.717, 1.165) is 6.20 Å². The molecule has 5 heteroatoms. The van der Waals surface area contributed by atoms with E-state index >= 15 is 0 Å². The molecule has 2 unspecified atom stereocenters. The van der Waals surface area contributed by atoms with Gasteiger partial charge in [0.05, 0.1) is 12.8 Å². The molecule has 0 spiro atoms. The normalized spacial score (nSPS) is 15.4. The maximum absolute atomic E-state index is 13.0. The van der Waals surface area contributed by atoms with Crippen molar-refractivity contribution in [1.29, 1.82) is 0 Å². The highest BCUT2D eigenvalue weighted by Crippen LogP contribution is 2.35. The van der Waals surface area contributed by atoms with Crippen LogP contribution in [0, 0.1) is 5.82 Å². The molecule has 0 aliphatic heterocycles. The van der Waals surface area contributed by atoms with E-state index in [9.17, 15) is 14.3 Å². The molecule has 0 aliphatic carbocycles. The van der Waals surface area contributed by atoms with Crippen molar-refractivity contribution in [2.75, 3.05) is 6.61 Å². The summed E-state index contributed by atoms with van der Waals surface area (Å²) in [5, 5.41) is 10.8. The van der Waals surface area contributed by atoms with Gasteiger partial charge in [-0.15, -0.1) is 0 Å². The van der Waals surface area contributed by atoms with E-state index in [2.05, 4.69) is 4.98 Å². The highest BCUT2D eigenvalue weighted by atomic mass is 19.1. The number of hydrogen-bond acceptors (Lipinski definition) is 4. The third-order valence-electron chi connectivity index (χ3n) is 3.35. The van der Waals surface area contributed by atoms with Crippen LogP contribution in [0.1, 0.15) is 51.6 Å². The average Bonchev–Trinajstić information content (AvgIpc) is 2.42. The summed E-state index contributed by atoms with van der Waals surface area (Å²) in [4.78, 5) is 16.1. The van der Waals surface area contributed by atoms with E-state index in [1.807, 2.05) is 13.8 Å². The molecule has 1 heterocycles. The van der Waals surface area contributed by atoms with Crippen molar-refractivity contribution in [3.8, 4) is 0 Å². The van der Waals surface area contributed by atoms with Crippen LogP contribution in [0.2, 0.25) is 0 Å². The van der Waals surface area contributed by atoms with E-state index in [0.29, 0.717) is 18.5 Å². The first kappa shape index (κ1) is 16.6. The Kier molecular flexibility index (Phi) is 6.07. The number of carbonyl (C=O) groups excluding carboxylic acids is 1. The van der Waals surface area contributed by atoms with Crippen LogP contribution in [0.5, 0.6) is 0 Å². The second-order valence-electron chi connectivity index (χ2n) is 4.76. The molecule has 0 fully saturated rings. The molecule has 0 bridgehead atoms. The fourth-order valence-corrected chi connectivity index (χ4v) is 2.44. The number of pyridine rings is 1. The summed E-state index contributed by atoms with van der Waals surface area (Å²) in [7, 11) is 0. The Balaban J connectivity index is 3.14. The SMILES string of the molecule is CCCC(O)(C(=O)OCC)C(CC)c1ccc(F)cn1. The number of aromatic nitrogens is 1. The summed E-state index contributed by atoms with van der Waals surface area (Å²) in [5.41, 5.74) is -1.12. The minimum absolute atomic E-state index is 0.206. The molecule has 0 aliphatic rings. The van der Waals surface area contributed by atoms with Crippen LogP contribution in [0.15, 0.2) is 18.3 Å². The number of carbonyl (C=O) groups is 1. The summed E-state index contributed by atoms with van der Waals surface area (Å²) in [6.07, 6.45) is 2.51. The van der Waals surface area contributed by atoms with Gasteiger partial charge < -0.3 is 9.84 Å². The topological polar surface area (TPSA) is 59.4 Å². The molecular formula is C15H22FNO3. The first-order chi connectivity index (χ1) is 9.49. The quantitative estimate of drug-likeness (QED) is 0.782. The van der Waals surface area contributed by atoms with Crippen LogP contribution < -0.4 is 0 Å². The number of rotatable bonds is 7. The Hall–Kier alpha value is -1.49. The Morgan fingerprint density at radius 3 is 2.60 bits per heavy atom. The highest BCUT2D eigenvalue weighted by Gasteiger charge is 2.45. The number of halogens is 1. The van der Waals surface area contributed by atoms with E-state index in [4.69, 9.17) is 4.74 Å². The number of nitrogens with zero attached hydrogens (tertiary/aromatic N) is 1. The fourth-order valence-electron chi connectivity index (χ4n) is 2.44. The van der Waals surface area contributed by atoms with Crippen molar-refractivity contribution in [3.63, 3.8) is 0 Å². The van der Waals surface area contributed by atoms with Crippen molar-refractivity contribution >= 4 is 5.97 Å². The number of ether oxygens (including phenoxy) is 1. The maximum Gasteiger partial charge on any atom is 0.338 e. The van der Waals surface area contributed by atoms with Gasteiger partial charge in [0.1, 0.15) is 5.82 Å². The minimum atomic E-state index is -1.62. The van der Waals surface area contributed by atoms with Crippen LogP contribution in [0.25, 0.3) is 0 Å². The molecule has 1 rings (SSSR count). The summed E-state index contributed by atoms with van der Waals surface area (Å²) in [6, 6.07) is 2.78.